The summed E-state index contributed by atoms with van der Waals surface area (Å²) >= 11 is 0. The Morgan fingerprint density at radius 1 is 1.05 bits per heavy atom. The van der Waals surface area contributed by atoms with Crippen molar-refractivity contribution in [3.63, 3.8) is 0 Å². The van der Waals surface area contributed by atoms with E-state index in [1.807, 2.05) is 0 Å². The average molecular weight is 546 g/mol. The van der Waals surface area contributed by atoms with Crippen LogP contribution in [0.1, 0.15) is 52.8 Å². The molecule has 3 N–H and O–H groups in total. The van der Waals surface area contributed by atoms with Crippen LogP contribution in [0.15, 0.2) is 36.7 Å². The Bertz CT molecular complexity index is 1180. The summed E-state index contributed by atoms with van der Waals surface area (Å²) in [7, 11) is 2.96. The van der Waals surface area contributed by atoms with Crippen molar-refractivity contribution in [1.29, 1.82) is 0 Å². The Labute approximate surface area is 227 Å². The van der Waals surface area contributed by atoms with Crippen LogP contribution >= 0.6 is 12.4 Å². The molecule has 4 amide bonds. The number of aromatic nitrogens is 1. The summed E-state index contributed by atoms with van der Waals surface area (Å²) in [6, 6.07) is 5.95. The number of hydrogen-bond donors (Lipinski definition) is 3. The van der Waals surface area contributed by atoms with Crippen molar-refractivity contribution in [2.24, 2.45) is 0 Å². The first-order valence-corrected chi connectivity index (χ1v) is 12.2. The van der Waals surface area contributed by atoms with Gasteiger partial charge in [-0.05, 0) is 50.4 Å². The van der Waals surface area contributed by atoms with E-state index in [2.05, 4.69) is 25.8 Å². The predicted octanol–water partition coefficient (Wildman–Crippen LogP) is 2.80. The molecule has 3 heterocycles. The number of ether oxygens (including phenoxy) is 2. The molecule has 1 aromatic heterocycles. The monoisotopic (exact) mass is 545 g/mol. The SMILES string of the molecule is COc1cc(OC)c(C(=O)CCCCN2CCC3(CC2)NC(=O)NC3=O)cc1NC(=O)c1ccncc1.Cl. The second-order valence-electron chi connectivity index (χ2n) is 9.16. The molecule has 0 unspecified atom stereocenters. The van der Waals surface area contributed by atoms with Crippen molar-refractivity contribution >= 4 is 41.7 Å². The molecule has 0 bridgehead atoms. The molecule has 1 spiro atoms. The molecule has 204 valence electrons. The normalized spacial score (nSPS) is 16.3. The van der Waals surface area contributed by atoms with Crippen molar-refractivity contribution in [2.75, 3.05) is 39.2 Å². The summed E-state index contributed by atoms with van der Waals surface area (Å²) in [4.78, 5) is 55.5. The van der Waals surface area contributed by atoms with E-state index in [4.69, 9.17) is 9.47 Å². The number of likely N-dealkylation sites (tertiary alicyclic amines) is 1. The summed E-state index contributed by atoms with van der Waals surface area (Å²) in [6.45, 7) is 2.20. The molecule has 2 fully saturated rings. The molecule has 0 aliphatic carbocycles. The van der Waals surface area contributed by atoms with E-state index < -0.39 is 11.6 Å². The van der Waals surface area contributed by atoms with Gasteiger partial charge in [-0.15, -0.1) is 12.4 Å². The van der Waals surface area contributed by atoms with Crippen LogP contribution in [0.3, 0.4) is 0 Å². The first-order chi connectivity index (χ1) is 17.8. The zero-order valence-corrected chi connectivity index (χ0v) is 22.2. The van der Waals surface area contributed by atoms with Gasteiger partial charge in [-0.3, -0.25) is 24.7 Å². The Morgan fingerprint density at radius 2 is 1.74 bits per heavy atom. The van der Waals surface area contributed by atoms with Crippen LogP contribution in [0.25, 0.3) is 0 Å². The zero-order chi connectivity index (χ0) is 26.4. The number of imide groups is 1. The van der Waals surface area contributed by atoms with Crippen LogP contribution in [0, 0.1) is 0 Å². The molecule has 2 aromatic rings. The van der Waals surface area contributed by atoms with Crippen molar-refractivity contribution in [3.8, 4) is 11.5 Å². The number of benzene rings is 1. The van der Waals surface area contributed by atoms with Crippen LogP contribution in [0.4, 0.5) is 10.5 Å². The number of methoxy groups -OCH3 is 2. The Morgan fingerprint density at radius 3 is 2.34 bits per heavy atom. The van der Waals surface area contributed by atoms with Crippen molar-refractivity contribution in [1.82, 2.24) is 20.5 Å². The van der Waals surface area contributed by atoms with Gasteiger partial charge in [0.05, 0.1) is 25.5 Å². The summed E-state index contributed by atoms with van der Waals surface area (Å²) in [6.07, 6.45) is 5.99. The van der Waals surface area contributed by atoms with Crippen molar-refractivity contribution in [2.45, 2.75) is 37.6 Å². The maximum atomic E-state index is 13.1. The van der Waals surface area contributed by atoms with Crippen LogP contribution in [-0.2, 0) is 4.79 Å². The highest BCUT2D eigenvalue weighted by Gasteiger charge is 2.47. The van der Waals surface area contributed by atoms with Gasteiger partial charge < -0.3 is 25.0 Å². The Kier molecular flexibility index (Phi) is 9.65. The minimum absolute atomic E-state index is 0. The lowest BCUT2D eigenvalue weighted by Gasteiger charge is -2.36. The predicted molar refractivity (Wildman–Crippen MR) is 142 cm³/mol. The molecular formula is C26H32ClN5O6. The van der Waals surface area contributed by atoms with Crippen LogP contribution in [0.5, 0.6) is 11.5 Å². The number of rotatable bonds is 10. The molecule has 2 aliphatic heterocycles. The number of pyridine rings is 1. The Balaban J connectivity index is 0.00000400. The van der Waals surface area contributed by atoms with Gasteiger partial charge >= 0.3 is 6.03 Å². The fraction of sp³-hybridized carbons (Fsp3) is 0.423. The average Bonchev–Trinajstić information content (AvgIpc) is 3.19. The number of carbonyl (C=O) groups excluding carboxylic acids is 4. The highest BCUT2D eigenvalue weighted by molar-refractivity contribution is 6.07. The van der Waals surface area contributed by atoms with Gasteiger partial charge in [-0.1, -0.05) is 0 Å². The van der Waals surface area contributed by atoms with Gasteiger partial charge in [0.2, 0.25) is 0 Å². The van der Waals surface area contributed by atoms with E-state index >= 15 is 0 Å². The standard InChI is InChI=1S/C26H31N5O6.ClH/c1-36-21-16-22(37-2)19(28-23(33)17-6-10-27-11-7-17)15-18(21)20(32)5-3-4-12-31-13-8-26(9-14-31)24(34)29-25(35)30-26;/h6-7,10-11,15-16H,3-5,8-9,12-14H2,1-2H3,(H,28,33)(H2,29,30,34,35);1H. The number of urea groups is 1. The number of hydrogen-bond acceptors (Lipinski definition) is 8. The lowest BCUT2D eigenvalue weighted by atomic mass is 9.87. The molecule has 1 aromatic carbocycles. The molecule has 2 aliphatic rings. The summed E-state index contributed by atoms with van der Waals surface area (Å²) in [5, 5.41) is 7.89. The summed E-state index contributed by atoms with van der Waals surface area (Å²) in [5.74, 6) is 0.0735. The van der Waals surface area contributed by atoms with Crippen LogP contribution in [0.2, 0.25) is 0 Å². The van der Waals surface area contributed by atoms with Gasteiger partial charge in [-0.2, -0.15) is 0 Å². The zero-order valence-electron chi connectivity index (χ0n) is 21.4. The minimum Gasteiger partial charge on any atom is -0.496 e. The summed E-state index contributed by atoms with van der Waals surface area (Å²) in [5.41, 5.74) is 0.397. The number of nitrogens with one attached hydrogen (secondary N) is 3. The number of unbranched alkanes of at least 4 members (excludes halogenated alkanes) is 1. The van der Waals surface area contributed by atoms with Gasteiger partial charge in [-0.25, -0.2) is 4.79 Å². The highest BCUT2D eigenvalue weighted by Crippen LogP contribution is 2.34. The number of ketones is 1. The van der Waals surface area contributed by atoms with E-state index in [-0.39, 0.29) is 30.0 Å². The third-order valence-electron chi connectivity index (χ3n) is 6.87. The lowest BCUT2D eigenvalue weighted by molar-refractivity contribution is -0.125. The van der Waals surface area contributed by atoms with E-state index in [1.54, 1.807) is 24.3 Å². The molecule has 0 saturated carbocycles. The number of amides is 4. The maximum Gasteiger partial charge on any atom is 0.322 e. The molecular weight excluding hydrogens is 514 g/mol. The topological polar surface area (TPSA) is 139 Å². The number of halogens is 1. The second kappa shape index (κ2) is 12.7. The van der Waals surface area contributed by atoms with Gasteiger partial charge in [0.25, 0.3) is 11.8 Å². The van der Waals surface area contributed by atoms with Crippen molar-refractivity contribution < 1.29 is 28.7 Å². The second-order valence-corrected chi connectivity index (χ2v) is 9.16. The highest BCUT2D eigenvalue weighted by atomic mass is 35.5. The van der Waals surface area contributed by atoms with Crippen molar-refractivity contribution in [3.05, 3.63) is 47.8 Å². The van der Waals surface area contributed by atoms with E-state index in [0.29, 0.717) is 67.1 Å². The van der Waals surface area contributed by atoms with Crippen LogP contribution < -0.4 is 25.4 Å². The van der Waals surface area contributed by atoms with E-state index in [9.17, 15) is 19.2 Å². The molecule has 12 heteroatoms. The smallest absolute Gasteiger partial charge is 0.322 e. The fourth-order valence-electron chi connectivity index (χ4n) is 4.71. The largest absolute Gasteiger partial charge is 0.496 e. The number of carbonyl (C=O) groups is 4. The molecule has 4 rings (SSSR count). The maximum absolute atomic E-state index is 13.1. The quantitative estimate of drug-likeness (QED) is 0.235. The first-order valence-electron chi connectivity index (χ1n) is 12.2. The minimum atomic E-state index is -0.779. The molecule has 0 atom stereocenters. The third kappa shape index (κ3) is 6.40. The van der Waals surface area contributed by atoms with Gasteiger partial charge in [0.15, 0.2) is 5.78 Å². The Hall–Kier alpha value is -3.70. The molecule has 2 saturated heterocycles. The third-order valence-corrected chi connectivity index (χ3v) is 6.87. The number of Topliss-reactive ketones (excluding diaryl/α,β-unsaturated/α-hetero) is 1. The van der Waals surface area contributed by atoms with E-state index in [0.717, 1.165) is 13.0 Å². The van der Waals surface area contributed by atoms with Crippen LogP contribution in [-0.4, -0.2) is 72.9 Å². The summed E-state index contributed by atoms with van der Waals surface area (Å²) < 4.78 is 10.8. The number of anilines is 1. The lowest BCUT2D eigenvalue weighted by Crippen LogP contribution is -2.54. The van der Waals surface area contributed by atoms with Gasteiger partial charge in [0, 0.05) is 43.5 Å². The van der Waals surface area contributed by atoms with Gasteiger partial charge in [0.1, 0.15) is 17.0 Å². The molecule has 38 heavy (non-hydrogen) atoms. The van der Waals surface area contributed by atoms with E-state index in [1.165, 1.54) is 26.6 Å². The fourth-order valence-corrected chi connectivity index (χ4v) is 4.71. The number of piperidine rings is 1. The number of nitrogens with zero attached hydrogens (tertiary/aromatic N) is 2. The molecule has 0 radical (unpaired) electrons. The molecule has 11 nitrogen and oxygen atoms in total. The first kappa shape index (κ1) is 28.9.